The van der Waals surface area contributed by atoms with E-state index >= 15 is 0 Å². The van der Waals surface area contributed by atoms with Crippen LogP contribution in [0.25, 0.3) is 0 Å². The molecule has 0 atom stereocenters. The fourth-order valence-electron chi connectivity index (χ4n) is 1.71. The lowest BCUT2D eigenvalue weighted by molar-refractivity contribution is 0.411. The van der Waals surface area contributed by atoms with Gasteiger partial charge in [0.15, 0.2) is 5.03 Å². The van der Waals surface area contributed by atoms with E-state index in [-0.39, 0.29) is 16.3 Å². The smallest absolute Gasteiger partial charge is 0.201 e. The zero-order chi connectivity index (χ0) is 14.8. The summed E-state index contributed by atoms with van der Waals surface area (Å²) in [4.78, 5) is 3.75. The van der Waals surface area contributed by atoms with Gasteiger partial charge >= 0.3 is 0 Å². The van der Waals surface area contributed by atoms with Crippen LogP contribution in [-0.2, 0) is 15.6 Å². The lowest BCUT2D eigenvalue weighted by Gasteiger charge is -2.08. The highest BCUT2D eigenvalue weighted by Gasteiger charge is 2.21. The Morgan fingerprint density at radius 3 is 2.70 bits per heavy atom. The van der Waals surface area contributed by atoms with Crippen LogP contribution in [0, 0.1) is 5.82 Å². The van der Waals surface area contributed by atoms with Gasteiger partial charge in [-0.05, 0) is 18.2 Å². The number of ether oxygens (including phenoxy) is 1. The zero-order valence-electron chi connectivity index (χ0n) is 10.7. The maximum atomic E-state index is 13.8. The van der Waals surface area contributed by atoms with E-state index in [1.54, 1.807) is 0 Å². The third-order valence-corrected chi connectivity index (χ3v) is 4.32. The van der Waals surface area contributed by atoms with Crippen LogP contribution in [0.5, 0.6) is 5.75 Å². The Balaban J connectivity index is 2.36. The Kier molecular flexibility index (Phi) is 3.89. The van der Waals surface area contributed by atoms with Crippen molar-refractivity contribution in [1.29, 1.82) is 0 Å². The van der Waals surface area contributed by atoms with Crippen LogP contribution in [0.3, 0.4) is 0 Å². The van der Waals surface area contributed by atoms with E-state index in [1.165, 1.54) is 37.6 Å². The Morgan fingerprint density at radius 1 is 1.35 bits per heavy atom. The molecule has 1 aromatic carbocycles. The van der Waals surface area contributed by atoms with Gasteiger partial charge in [0.05, 0.1) is 18.6 Å². The van der Waals surface area contributed by atoms with Crippen molar-refractivity contribution in [3.05, 3.63) is 47.9 Å². The molecule has 2 rings (SSSR count). The number of sulfone groups is 1. The second-order valence-electron chi connectivity index (χ2n) is 4.11. The maximum Gasteiger partial charge on any atom is 0.201 e. The van der Waals surface area contributed by atoms with Gasteiger partial charge in [0, 0.05) is 17.8 Å². The van der Waals surface area contributed by atoms with Gasteiger partial charge in [0.25, 0.3) is 0 Å². The molecular formula is C13H13FN2O3S. The average Bonchev–Trinajstić information content (AvgIpc) is 2.41. The monoisotopic (exact) mass is 296 g/mol. The Hall–Kier alpha value is -2.15. The summed E-state index contributed by atoms with van der Waals surface area (Å²) in [6.07, 6.45) is 1.33. The molecule has 0 fully saturated rings. The van der Waals surface area contributed by atoms with E-state index in [0.29, 0.717) is 5.75 Å². The molecule has 0 bridgehead atoms. The van der Waals surface area contributed by atoms with Gasteiger partial charge in [0.1, 0.15) is 11.6 Å². The zero-order valence-corrected chi connectivity index (χ0v) is 11.5. The van der Waals surface area contributed by atoms with Crippen molar-refractivity contribution in [3.8, 4) is 5.75 Å². The summed E-state index contributed by atoms with van der Waals surface area (Å²) in [5.74, 6) is -0.840. The second-order valence-corrected chi connectivity index (χ2v) is 6.02. The summed E-state index contributed by atoms with van der Waals surface area (Å²) in [5, 5.41) is -0.241. The van der Waals surface area contributed by atoms with Crippen molar-refractivity contribution in [3.63, 3.8) is 0 Å². The predicted octanol–water partition coefficient (Wildman–Crippen LogP) is 1.79. The molecule has 0 amide bonds. The van der Waals surface area contributed by atoms with Gasteiger partial charge < -0.3 is 10.5 Å². The largest absolute Gasteiger partial charge is 0.497 e. The number of hydrogen-bond acceptors (Lipinski definition) is 5. The summed E-state index contributed by atoms with van der Waals surface area (Å²) in [5.41, 5.74) is 5.67. The lowest BCUT2D eigenvalue weighted by Crippen LogP contribution is -2.11. The first-order chi connectivity index (χ1) is 9.44. The fourth-order valence-corrected chi connectivity index (χ4v) is 3.14. The molecule has 0 aliphatic carbocycles. The molecule has 1 heterocycles. The van der Waals surface area contributed by atoms with Crippen LogP contribution in [0.4, 0.5) is 10.1 Å². The Bertz CT molecular complexity index is 732. The normalized spacial score (nSPS) is 11.3. The van der Waals surface area contributed by atoms with Crippen LogP contribution >= 0.6 is 0 Å². The van der Waals surface area contributed by atoms with Crippen LogP contribution in [-0.4, -0.2) is 20.5 Å². The van der Waals surface area contributed by atoms with Crippen LogP contribution < -0.4 is 10.5 Å². The van der Waals surface area contributed by atoms with E-state index in [0.717, 1.165) is 6.07 Å². The van der Waals surface area contributed by atoms with E-state index in [1.807, 2.05) is 0 Å². The van der Waals surface area contributed by atoms with E-state index in [9.17, 15) is 12.8 Å². The topological polar surface area (TPSA) is 82.3 Å². The van der Waals surface area contributed by atoms with E-state index in [2.05, 4.69) is 4.98 Å². The molecule has 2 N–H and O–H groups in total. The molecule has 0 saturated carbocycles. The van der Waals surface area contributed by atoms with Crippen molar-refractivity contribution in [1.82, 2.24) is 4.98 Å². The minimum Gasteiger partial charge on any atom is -0.497 e. The minimum atomic E-state index is -3.80. The number of hydrogen-bond donors (Lipinski definition) is 1. The molecule has 20 heavy (non-hydrogen) atoms. The maximum absolute atomic E-state index is 13.8. The van der Waals surface area contributed by atoms with Gasteiger partial charge in [-0.2, -0.15) is 0 Å². The first-order valence-corrected chi connectivity index (χ1v) is 7.35. The van der Waals surface area contributed by atoms with Crippen LogP contribution in [0.2, 0.25) is 0 Å². The van der Waals surface area contributed by atoms with E-state index < -0.39 is 21.4 Å². The quantitative estimate of drug-likeness (QED) is 0.930. The molecule has 7 heteroatoms. The summed E-state index contributed by atoms with van der Waals surface area (Å²) in [6.45, 7) is 0. The number of anilines is 1. The van der Waals surface area contributed by atoms with Crippen molar-refractivity contribution in [2.45, 2.75) is 10.8 Å². The number of nitrogen functional groups attached to an aromatic ring is 1. The van der Waals surface area contributed by atoms with Crippen molar-refractivity contribution < 1.29 is 17.5 Å². The predicted molar refractivity (Wildman–Crippen MR) is 72.5 cm³/mol. The van der Waals surface area contributed by atoms with Crippen LogP contribution in [0.15, 0.2) is 41.6 Å². The Morgan fingerprint density at radius 2 is 2.10 bits per heavy atom. The standard InChI is InChI=1S/C13H13FN2O3S/c1-19-10-5-4-9(11(14)7-10)8-20(17,18)13-12(15)3-2-6-16-13/h2-7H,8,15H2,1H3. The van der Waals surface area contributed by atoms with Gasteiger partial charge in [-0.25, -0.2) is 17.8 Å². The molecule has 0 spiro atoms. The summed E-state index contributed by atoms with van der Waals surface area (Å²) in [6, 6.07) is 6.96. The highest BCUT2D eigenvalue weighted by atomic mass is 32.2. The third kappa shape index (κ3) is 2.88. The van der Waals surface area contributed by atoms with E-state index in [4.69, 9.17) is 10.5 Å². The highest BCUT2D eigenvalue weighted by Crippen LogP contribution is 2.23. The highest BCUT2D eigenvalue weighted by molar-refractivity contribution is 7.90. The molecule has 0 aliphatic heterocycles. The van der Waals surface area contributed by atoms with Gasteiger partial charge in [-0.3, -0.25) is 0 Å². The van der Waals surface area contributed by atoms with Gasteiger partial charge in [-0.1, -0.05) is 6.07 Å². The number of methoxy groups -OCH3 is 1. The first kappa shape index (κ1) is 14.3. The number of benzene rings is 1. The number of halogens is 1. The van der Waals surface area contributed by atoms with Gasteiger partial charge in [-0.15, -0.1) is 0 Å². The molecule has 2 aromatic rings. The average molecular weight is 296 g/mol. The van der Waals surface area contributed by atoms with Gasteiger partial charge in [0.2, 0.25) is 9.84 Å². The number of rotatable bonds is 4. The number of nitrogens with zero attached hydrogens (tertiary/aromatic N) is 1. The summed E-state index contributed by atoms with van der Waals surface area (Å²) >= 11 is 0. The summed E-state index contributed by atoms with van der Waals surface area (Å²) in [7, 11) is -2.40. The SMILES string of the molecule is COc1ccc(CS(=O)(=O)c2ncccc2N)c(F)c1. The number of nitrogens with two attached hydrogens (primary N) is 1. The third-order valence-electron chi connectivity index (χ3n) is 2.70. The number of aromatic nitrogens is 1. The van der Waals surface area contributed by atoms with Crippen molar-refractivity contribution in [2.75, 3.05) is 12.8 Å². The van der Waals surface area contributed by atoms with Crippen LogP contribution in [0.1, 0.15) is 5.56 Å². The molecule has 0 radical (unpaired) electrons. The first-order valence-electron chi connectivity index (χ1n) is 5.69. The fraction of sp³-hybridized carbons (Fsp3) is 0.154. The second kappa shape index (κ2) is 5.46. The van der Waals surface area contributed by atoms with Crippen molar-refractivity contribution in [2.24, 2.45) is 0 Å². The molecule has 0 saturated heterocycles. The minimum absolute atomic E-state index is 0.0378. The molecular weight excluding hydrogens is 283 g/mol. The molecule has 0 aliphatic rings. The molecule has 1 aromatic heterocycles. The van der Waals surface area contributed by atoms with Crippen molar-refractivity contribution >= 4 is 15.5 Å². The molecule has 0 unspecified atom stereocenters. The Labute approximate surface area is 116 Å². The molecule has 106 valence electrons. The lowest BCUT2D eigenvalue weighted by atomic mass is 10.2. The summed E-state index contributed by atoms with van der Waals surface area (Å²) < 4.78 is 43.0. The number of pyridine rings is 1. The molecule has 5 nitrogen and oxygen atoms in total.